The minimum Gasteiger partial charge on any atom is -0.393 e. The number of hydrogen-bond acceptors (Lipinski definition) is 3. The van der Waals surface area contributed by atoms with E-state index in [4.69, 9.17) is 0 Å². The van der Waals surface area contributed by atoms with Gasteiger partial charge in [-0.2, -0.15) is 0 Å². The molecular formula is C25H42O3. The molecule has 0 heterocycles. The Morgan fingerprint density at radius 1 is 1.21 bits per heavy atom. The Bertz CT molecular complexity index is 569. The first kappa shape index (κ1) is 23.4. The number of hydrogen-bond donors (Lipinski definition) is 3. The lowest BCUT2D eigenvalue weighted by atomic mass is 9.68. The third kappa shape index (κ3) is 7.17. The van der Waals surface area contributed by atoms with Crippen molar-refractivity contribution in [1.82, 2.24) is 0 Å². The Labute approximate surface area is 172 Å². The van der Waals surface area contributed by atoms with Crippen LogP contribution in [-0.4, -0.2) is 33.1 Å². The predicted molar refractivity (Wildman–Crippen MR) is 117 cm³/mol. The van der Waals surface area contributed by atoms with Crippen molar-refractivity contribution in [2.24, 2.45) is 23.7 Å². The van der Waals surface area contributed by atoms with Gasteiger partial charge in [0, 0.05) is 6.42 Å². The molecule has 2 aliphatic rings. The summed E-state index contributed by atoms with van der Waals surface area (Å²) in [6.45, 7) is 12.6. The second-order valence-electron chi connectivity index (χ2n) is 10.1. The van der Waals surface area contributed by atoms with Gasteiger partial charge in [-0.1, -0.05) is 51.5 Å². The van der Waals surface area contributed by atoms with Gasteiger partial charge in [0.2, 0.25) is 0 Å². The molecule has 2 fully saturated rings. The molecule has 3 heteroatoms. The zero-order valence-electron chi connectivity index (χ0n) is 18.4. The molecule has 0 spiro atoms. The average molecular weight is 391 g/mol. The fourth-order valence-electron chi connectivity index (χ4n) is 5.02. The average Bonchev–Trinajstić information content (AvgIpc) is 2.59. The van der Waals surface area contributed by atoms with Gasteiger partial charge in [0.1, 0.15) is 0 Å². The minimum atomic E-state index is -0.618. The minimum absolute atomic E-state index is 0.396. The van der Waals surface area contributed by atoms with E-state index >= 15 is 0 Å². The fourth-order valence-corrected chi connectivity index (χ4v) is 5.02. The maximum absolute atomic E-state index is 9.97. The van der Waals surface area contributed by atoms with Gasteiger partial charge in [-0.15, -0.1) is 0 Å². The highest BCUT2D eigenvalue weighted by atomic mass is 16.3. The Morgan fingerprint density at radius 2 is 1.93 bits per heavy atom. The Hall–Kier alpha value is -0.900. The molecule has 0 radical (unpaired) electrons. The normalized spacial score (nSPS) is 34.9. The van der Waals surface area contributed by atoms with E-state index in [0.717, 1.165) is 35.8 Å². The summed E-state index contributed by atoms with van der Waals surface area (Å²) in [5.74, 6) is 2.80. The zero-order chi connectivity index (χ0) is 20.9. The molecule has 0 aromatic heterocycles. The van der Waals surface area contributed by atoms with Crippen LogP contribution >= 0.6 is 0 Å². The van der Waals surface area contributed by atoms with Crippen LogP contribution < -0.4 is 0 Å². The lowest BCUT2D eigenvalue weighted by Crippen LogP contribution is -2.28. The fraction of sp³-hybridized carbons (Fsp3) is 0.760. The van der Waals surface area contributed by atoms with Crippen LogP contribution in [0.25, 0.3) is 0 Å². The first-order valence-electron chi connectivity index (χ1n) is 11.2. The third-order valence-corrected chi connectivity index (χ3v) is 6.92. The molecule has 0 unspecified atom stereocenters. The summed E-state index contributed by atoms with van der Waals surface area (Å²) in [4.78, 5) is 0. The van der Waals surface area contributed by atoms with Crippen LogP contribution in [-0.2, 0) is 0 Å². The summed E-state index contributed by atoms with van der Waals surface area (Å²) in [7, 11) is 0. The van der Waals surface area contributed by atoms with Crippen molar-refractivity contribution in [3.63, 3.8) is 0 Å². The van der Waals surface area contributed by atoms with Gasteiger partial charge < -0.3 is 15.3 Å². The van der Waals surface area contributed by atoms with Crippen LogP contribution in [0.1, 0.15) is 79.1 Å². The molecule has 3 N–H and O–H groups in total. The molecule has 0 saturated heterocycles. The van der Waals surface area contributed by atoms with E-state index in [1.807, 2.05) is 19.9 Å². The number of allylic oxidation sites excluding steroid dienone is 3. The first-order chi connectivity index (χ1) is 13.1. The molecule has 0 bridgehead atoms. The van der Waals surface area contributed by atoms with E-state index in [0.29, 0.717) is 24.7 Å². The molecule has 3 nitrogen and oxygen atoms in total. The lowest BCUT2D eigenvalue weighted by molar-refractivity contribution is 0.0635. The van der Waals surface area contributed by atoms with Crippen molar-refractivity contribution in [2.75, 3.05) is 0 Å². The van der Waals surface area contributed by atoms with E-state index in [1.54, 1.807) is 0 Å². The first-order valence-corrected chi connectivity index (χ1v) is 11.2. The van der Waals surface area contributed by atoms with Gasteiger partial charge in [-0.25, -0.2) is 0 Å². The molecule has 2 aliphatic carbocycles. The van der Waals surface area contributed by atoms with Crippen molar-refractivity contribution in [2.45, 2.75) is 96.9 Å². The van der Waals surface area contributed by atoms with Crippen LogP contribution in [0.2, 0.25) is 0 Å². The molecule has 2 rings (SSSR count). The molecule has 160 valence electrons. The highest BCUT2D eigenvalue weighted by molar-refractivity contribution is 5.37. The number of aliphatic hydroxyl groups excluding tert-OH is 2. The Kier molecular flexibility index (Phi) is 8.54. The highest BCUT2D eigenvalue weighted by Crippen LogP contribution is 2.40. The van der Waals surface area contributed by atoms with Crippen LogP contribution in [0.3, 0.4) is 0 Å². The van der Waals surface area contributed by atoms with Gasteiger partial charge in [-0.3, -0.25) is 0 Å². The molecular weight excluding hydrogens is 348 g/mol. The van der Waals surface area contributed by atoms with Gasteiger partial charge in [0.15, 0.2) is 0 Å². The molecule has 0 aromatic carbocycles. The van der Waals surface area contributed by atoms with E-state index in [9.17, 15) is 15.3 Å². The van der Waals surface area contributed by atoms with Crippen molar-refractivity contribution in [1.29, 1.82) is 0 Å². The number of aliphatic hydroxyl groups is 3. The highest BCUT2D eigenvalue weighted by Gasteiger charge is 2.30. The topological polar surface area (TPSA) is 60.7 Å². The van der Waals surface area contributed by atoms with Gasteiger partial charge >= 0.3 is 0 Å². The molecule has 0 aromatic rings. The van der Waals surface area contributed by atoms with Crippen LogP contribution in [0.5, 0.6) is 0 Å². The molecule has 0 amide bonds. The second-order valence-corrected chi connectivity index (χ2v) is 10.1. The summed E-state index contributed by atoms with van der Waals surface area (Å²) >= 11 is 0. The van der Waals surface area contributed by atoms with E-state index in [1.165, 1.54) is 25.7 Å². The van der Waals surface area contributed by atoms with Gasteiger partial charge in [0.05, 0.1) is 17.8 Å². The second kappa shape index (κ2) is 10.2. The van der Waals surface area contributed by atoms with Crippen molar-refractivity contribution in [3.05, 3.63) is 36.0 Å². The largest absolute Gasteiger partial charge is 0.393 e. The van der Waals surface area contributed by atoms with E-state index < -0.39 is 17.8 Å². The maximum atomic E-state index is 9.97. The van der Waals surface area contributed by atoms with Crippen molar-refractivity contribution < 1.29 is 15.3 Å². The van der Waals surface area contributed by atoms with Gasteiger partial charge in [0.25, 0.3) is 0 Å². The summed E-state index contributed by atoms with van der Waals surface area (Å²) in [6.07, 6.45) is 13.3. The van der Waals surface area contributed by atoms with E-state index in [2.05, 4.69) is 32.6 Å². The maximum Gasteiger partial charge on any atom is 0.0811 e. The van der Waals surface area contributed by atoms with Crippen LogP contribution in [0.15, 0.2) is 36.0 Å². The van der Waals surface area contributed by atoms with Crippen LogP contribution in [0, 0.1) is 23.7 Å². The predicted octanol–water partition coefficient (Wildman–Crippen LogP) is 5.17. The Balaban J connectivity index is 1.90. The van der Waals surface area contributed by atoms with Crippen molar-refractivity contribution >= 4 is 0 Å². The van der Waals surface area contributed by atoms with E-state index in [-0.39, 0.29) is 0 Å². The smallest absolute Gasteiger partial charge is 0.0811 e. The Morgan fingerprint density at radius 3 is 2.61 bits per heavy atom. The summed E-state index contributed by atoms with van der Waals surface area (Å²) < 4.78 is 0. The van der Waals surface area contributed by atoms with Crippen LogP contribution in [0.4, 0.5) is 0 Å². The third-order valence-electron chi connectivity index (χ3n) is 6.92. The summed E-state index contributed by atoms with van der Waals surface area (Å²) in [6, 6.07) is 0. The summed E-state index contributed by atoms with van der Waals surface area (Å²) in [5, 5.41) is 29.8. The molecule has 2 saturated carbocycles. The SMILES string of the molecule is C=C1/C(=C\C=C\[C@@H]2CC[C@@H](C)[C@H]([C@@H](C)CCCC(C)(C)O)C2)C[C@@H](O)C[C@@H]1O. The molecule has 28 heavy (non-hydrogen) atoms. The zero-order valence-corrected chi connectivity index (χ0v) is 18.4. The molecule has 0 aliphatic heterocycles. The summed E-state index contributed by atoms with van der Waals surface area (Å²) in [5.41, 5.74) is 1.18. The monoisotopic (exact) mass is 390 g/mol. The number of rotatable bonds is 7. The van der Waals surface area contributed by atoms with Gasteiger partial charge in [-0.05, 0) is 80.8 Å². The molecule has 6 atom stereocenters. The quantitative estimate of drug-likeness (QED) is 0.562. The van der Waals surface area contributed by atoms with Crippen molar-refractivity contribution in [3.8, 4) is 0 Å². The standard InChI is InChI=1S/C25H42O3/c1-17(8-7-13-25(4,5)28)23-14-20(12-11-18(23)2)9-6-10-21-15-22(26)16-24(27)19(21)3/h6,9-10,17-18,20,22-24,26-28H,3,7-8,11-16H2,1-2,4-5H3/b9-6+,21-10-/t17-,18+,20+,22+,23-,24-/m0/s1. The lowest BCUT2D eigenvalue weighted by Gasteiger charge is -2.37.